The minimum Gasteiger partial charge on any atom is -0.369 e. The van der Waals surface area contributed by atoms with Crippen LogP contribution < -0.4 is 15.5 Å². The van der Waals surface area contributed by atoms with E-state index in [-0.39, 0.29) is 4.90 Å². The Morgan fingerprint density at radius 2 is 1.74 bits per heavy atom. The van der Waals surface area contributed by atoms with Crippen molar-refractivity contribution in [3.63, 3.8) is 0 Å². The van der Waals surface area contributed by atoms with Gasteiger partial charge in [0.1, 0.15) is 5.82 Å². The Hall–Kier alpha value is -2.69. The summed E-state index contributed by atoms with van der Waals surface area (Å²) in [5.74, 6) is 0.883. The van der Waals surface area contributed by atoms with Crippen LogP contribution in [0.25, 0.3) is 0 Å². The van der Waals surface area contributed by atoms with Gasteiger partial charge in [0.2, 0.25) is 5.95 Å². The zero-order valence-electron chi connectivity index (χ0n) is 20.4. The van der Waals surface area contributed by atoms with Crippen molar-refractivity contribution in [1.82, 2.24) is 14.9 Å². The lowest BCUT2D eigenvalue weighted by atomic mass is 10.1. The predicted octanol–water partition coefficient (Wildman–Crippen LogP) is 4.97. The van der Waals surface area contributed by atoms with Crippen molar-refractivity contribution >= 4 is 54.6 Å². The molecule has 2 aromatic carbocycles. The van der Waals surface area contributed by atoms with Crippen LogP contribution in [-0.2, 0) is 9.84 Å². The fraction of sp³-hybridized carbons (Fsp3) is 0.360. The molecule has 0 saturated carbocycles. The maximum absolute atomic E-state index is 12.8. The van der Waals surface area contributed by atoms with Gasteiger partial charge >= 0.3 is 0 Å². The van der Waals surface area contributed by atoms with E-state index in [0.29, 0.717) is 21.9 Å². The lowest BCUT2D eigenvalue weighted by Crippen LogP contribution is -2.44. The molecule has 0 unspecified atom stereocenters. The molecular formula is C25H31BrN6O2S. The number of para-hydroxylation sites is 1. The van der Waals surface area contributed by atoms with Gasteiger partial charge in [-0.3, -0.25) is 0 Å². The SMILES string of the molecule is Cc1ccc(Nc2ncc(Br)c(Nc3ccccc3S(=O)(=O)C(C)C)n2)cc1N1CCN(C)CC1. The van der Waals surface area contributed by atoms with Crippen molar-refractivity contribution in [1.29, 1.82) is 0 Å². The summed E-state index contributed by atoms with van der Waals surface area (Å²) in [5, 5.41) is 5.94. The summed E-state index contributed by atoms with van der Waals surface area (Å²) in [7, 11) is -1.32. The molecule has 8 nitrogen and oxygen atoms in total. The summed E-state index contributed by atoms with van der Waals surface area (Å²) in [6.07, 6.45) is 1.65. The first kappa shape index (κ1) is 25.4. The van der Waals surface area contributed by atoms with Crippen molar-refractivity contribution in [2.24, 2.45) is 0 Å². The number of aryl methyl sites for hydroxylation is 1. The number of anilines is 5. The Balaban J connectivity index is 1.59. The van der Waals surface area contributed by atoms with Gasteiger partial charge in [0, 0.05) is 43.8 Å². The van der Waals surface area contributed by atoms with Crippen molar-refractivity contribution < 1.29 is 8.42 Å². The van der Waals surface area contributed by atoms with Crippen molar-refractivity contribution in [2.45, 2.75) is 30.9 Å². The molecule has 1 fully saturated rings. The average Bonchev–Trinajstić information content (AvgIpc) is 2.83. The molecule has 4 rings (SSSR count). The molecule has 186 valence electrons. The standard InChI is InChI=1S/C25H31BrN6O2S/c1-17(2)35(33,34)23-8-6-5-7-21(23)29-24-20(26)16-27-25(30-24)28-19-10-9-18(3)22(15-19)32-13-11-31(4)12-14-32/h5-10,15-17H,11-14H2,1-4H3,(H2,27,28,29,30). The predicted molar refractivity (Wildman–Crippen MR) is 146 cm³/mol. The summed E-state index contributed by atoms with van der Waals surface area (Å²) in [4.78, 5) is 14.0. The maximum Gasteiger partial charge on any atom is 0.229 e. The molecule has 0 spiro atoms. The highest BCUT2D eigenvalue weighted by atomic mass is 79.9. The van der Waals surface area contributed by atoms with Crippen LogP contribution >= 0.6 is 15.9 Å². The number of hydrogen-bond donors (Lipinski definition) is 2. The van der Waals surface area contributed by atoms with E-state index in [1.54, 1.807) is 44.3 Å². The number of piperazine rings is 1. The first-order valence-corrected chi connectivity index (χ1v) is 13.9. The van der Waals surface area contributed by atoms with Gasteiger partial charge in [-0.05, 0) is 73.6 Å². The second kappa shape index (κ2) is 10.5. The van der Waals surface area contributed by atoms with Gasteiger partial charge in [-0.2, -0.15) is 4.98 Å². The number of rotatable bonds is 7. The molecule has 0 atom stereocenters. The largest absolute Gasteiger partial charge is 0.369 e. The van der Waals surface area contributed by atoms with E-state index in [9.17, 15) is 8.42 Å². The third kappa shape index (κ3) is 5.76. The van der Waals surface area contributed by atoms with E-state index < -0.39 is 15.1 Å². The average molecular weight is 560 g/mol. The highest BCUT2D eigenvalue weighted by Gasteiger charge is 2.23. The molecule has 0 aliphatic carbocycles. The third-order valence-corrected chi connectivity index (χ3v) is 8.91. The van der Waals surface area contributed by atoms with Crippen LogP contribution in [0.2, 0.25) is 0 Å². The highest BCUT2D eigenvalue weighted by Crippen LogP contribution is 2.31. The number of nitrogens with one attached hydrogen (secondary N) is 2. The summed E-state index contributed by atoms with van der Waals surface area (Å²) >= 11 is 3.48. The van der Waals surface area contributed by atoms with E-state index in [0.717, 1.165) is 31.9 Å². The Kier molecular flexibility index (Phi) is 7.63. The second-order valence-corrected chi connectivity index (χ2v) is 12.3. The number of likely N-dealkylation sites (N-methyl/N-ethyl adjacent to an activating group) is 1. The Morgan fingerprint density at radius 1 is 1.03 bits per heavy atom. The Bertz CT molecular complexity index is 1310. The molecule has 0 amide bonds. The van der Waals surface area contributed by atoms with Gasteiger partial charge in [-0.15, -0.1) is 0 Å². The summed E-state index contributed by atoms with van der Waals surface area (Å²) in [5.41, 5.74) is 3.79. The normalized spacial score (nSPS) is 14.9. The van der Waals surface area contributed by atoms with E-state index in [2.05, 4.69) is 72.4 Å². The van der Waals surface area contributed by atoms with Crippen LogP contribution in [0.5, 0.6) is 0 Å². The number of sulfone groups is 1. The van der Waals surface area contributed by atoms with Gasteiger partial charge < -0.3 is 20.4 Å². The van der Waals surface area contributed by atoms with Crippen molar-refractivity contribution in [2.75, 3.05) is 48.8 Å². The van der Waals surface area contributed by atoms with E-state index in [1.165, 1.54) is 11.3 Å². The van der Waals surface area contributed by atoms with Crippen LogP contribution in [0.15, 0.2) is 58.0 Å². The molecular weight excluding hydrogens is 528 g/mol. The van der Waals surface area contributed by atoms with Crippen LogP contribution in [0, 0.1) is 6.92 Å². The lowest BCUT2D eigenvalue weighted by Gasteiger charge is -2.35. The number of benzene rings is 2. The first-order valence-electron chi connectivity index (χ1n) is 11.6. The number of aromatic nitrogens is 2. The fourth-order valence-electron chi connectivity index (χ4n) is 3.92. The summed E-state index contributed by atoms with van der Waals surface area (Å²) in [6.45, 7) is 9.52. The number of nitrogens with zero attached hydrogens (tertiary/aromatic N) is 4. The van der Waals surface area contributed by atoms with Crippen LogP contribution in [0.4, 0.5) is 28.8 Å². The van der Waals surface area contributed by atoms with Crippen molar-refractivity contribution in [3.05, 3.63) is 58.7 Å². The molecule has 1 aromatic heterocycles. The van der Waals surface area contributed by atoms with E-state index in [4.69, 9.17) is 0 Å². The Morgan fingerprint density at radius 3 is 2.46 bits per heavy atom. The smallest absolute Gasteiger partial charge is 0.229 e. The van der Waals surface area contributed by atoms with Crippen LogP contribution in [0.3, 0.4) is 0 Å². The summed E-state index contributed by atoms with van der Waals surface area (Å²) in [6, 6.07) is 13.1. The molecule has 2 heterocycles. The molecule has 1 aliphatic heterocycles. The lowest BCUT2D eigenvalue weighted by molar-refractivity contribution is 0.312. The van der Waals surface area contributed by atoms with Gasteiger partial charge in [0.05, 0.1) is 20.3 Å². The third-order valence-electron chi connectivity index (χ3n) is 6.12. The first-order chi connectivity index (χ1) is 16.6. The van der Waals surface area contributed by atoms with Gasteiger partial charge in [0.25, 0.3) is 0 Å². The molecule has 10 heteroatoms. The zero-order valence-corrected chi connectivity index (χ0v) is 22.8. The van der Waals surface area contributed by atoms with Gasteiger partial charge in [0.15, 0.2) is 9.84 Å². The zero-order chi connectivity index (χ0) is 25.2. The molecule has 3 aromatic rings. The van der Waals surface area contributed by atoms with Gasteiger partial charge in [-0.1, -0.05) is 18.2 Å². The second-order valence-electron chi connectivity index (χ2n) is 9.02. The van der Waals surface area contributed by atoms with Crippen LogP contribution in [0.1, 0.15) is 19.4 Å². The molecule has 1 aliphatic rings. The fourth-order valence-corrected chi connectivity index (χ4v) is 5.41. The molecule has 35 heavy (non-hydrogen) atoms. The monoisotopic (exact) mass is 558 g/mol. The molecule has 0 radical (unpaired) electrons. The highest BCUT2D eigenvalue weighted by molar-refractivity contribution is 9.10. The van der Waals surface area contributed by atoms with Crippen LogP contribution in [-0.4, -0.2) is 61.8 Å². The van der Waals surface area contributed by atoms with Gasteiger partial charge in [-0.25, -0.2) is 13.4 Å². The van der Waals surface area contributed by atoms with E-state index in [1.807, 2.05) is 6.07 Å². The quantitative estimate of drug-likeness (QED) is 0.420. The minimum atomic E-state index is -3.47. The topological polar surface area (TPSA) is 90.5 Å². The molecule has 0 bridgehead atoms. The number of halogens is 1. The molecule has 1 saturated heterocycles. The Labute approximate surface area is 215 Å². The maximum atomic E-state index is 12.8. The summed E-state index contributed by atoms with van der Waals surface area (Å²) < 4.78 is 26.3. The van der Waals surface area contributed by atoms with E-state index >= 15 is 0 Å². The molecule has 2 N–H and O–H groups in total. The number of hydrogen-bond acceptors (Lipinski definition) is 8. The van der Waals surface area contributed by atoms with Crippen molar-refractivity contribution in [3.8, 4) is 0 Å². The minimum absolute atomic E-state index is 0.241.